The number of amides is 1. The quantitative estimate of drug-likeness (QED) is 0.541. The van der Waals surface area contributed by atoms with Gasteiger partial charge in [0.15, 0.2) is 0 Å². The van der Waals surface area contributed by atoms with E-state index < -0.39 is 14.4 Å². The minimum Gasteiger partial charge on any atom is -0.442 e. The molecule has 2 aromatic rings. The molecule has 0 fully saturated rings. The van der Waals surface area contributed by atoms with Gasteiger partial charge in [-0.05, 0) is 27.9 Å². The minimum atomic E-state index is -2.55. The summed E-state index contributed by atoms with van der Waals surface area (Å²) in [6, 6.07) is 21.0. The van der Waals surface area contributed by atoms with Gasteiger partial charge in [-0.1, -0.05) is 94.4 Å². The van der Waals surface area contributed by atoms with Gasteiger partial charge >= 0.3 is 6.09 Å². The Morgan fingerprint density at radius 1 is 1.04 bits per heavy atom. The summed E-state index contributed by atoms with van der Waals surface area (Å²) in [5.41, 5.74) is 5.13. The van der Waals surface area contributed by atoms with E-state index in [0.717, 1.165) is 0 Å². The molecule has 1 atom stereocenters. The predicted octanol–water partition coefficient (Wildman–Crippen LogP) is 3.99. The number of hydrogen-bond donors (Lipinski definition) is 1. The van der Waals surface area contributed by atoms with Crippen LogP contribution in [0.4, 0.5) is 4.79 Å². The molecule has 0 saturated heterocycles. The molecular formula is C23H31NO3Si. The average molecular weight is 398 g/mol. The molecule has 0 aliphatic carbocycles. The Labute approximate surface area is 169 Å². The molecule has 0 aromatic heterocycles. The summed E-state index contributed by atoms with van der Waals surface area (Å²) in [7, 11) is -2.55. The highest BCUT2D eigenvalue weighted by Crippen LogP contribution is 2.36. The van der Waals surface area contributed by atoms with Crippen LogP contribution >= 0.6 is 0 Å². The van der Waals surface area contributed by atoms with E-state index in [4.69, 9.17) is 14.9 Å². The van der Waals surface area contributed by atoms with E-state index >= 15 is 0 Å². The van der Waals surface area contributed by atoms with Crippen LogP contribution in [0.2, 0.25) is 5.04 Å². The summed E-state index contributed by atoms with van der Waals surface area (Å²) in [6.45, 7) is 9.11. The summed E-state index contributed by atoms with van der Waals surface area (Å²) in [5, 5.41) is 2.40. The van der Waals surface area contributed by atoms with E-state index in [-0.39, 0.29) is 11.1 Å². The molecule has 0 heterocycles. The van der Waals surface area contributed by atoms with Crippen molar-refractivity contribution in [2.24, 2.45) is 5.73 Å². The molecule has 150 valence electrons. The normalized spacial score (nSPS) is 13.4. The maximum absolute atomic E-state index is 11.0. The lowest BCUT2D eigenvalue weighted by Crippen LogP contribution is -2.66. The number of carbonyl (C=O) groups excluding carboxylic acids is 1. The van der Waals surface area contributed by atoms with E-state index in [1.807, 2.05) is 31.2 Å². The SMILES string of the molecule is CCC(/C=C\CO[Si](c1ccccc1)(c1ccccc1)C(C)(C)C)OC(N)=O. The first kappa shape index (κ1) is 21.9. The fraction of sp³-hybridized carbons (Fsp3) is 0.348. The summed E-state index contributed by atoms with van der Waals surface area (Å²) in [5.74, 6) is 0. The van der Waals surface area contributed by atoms with Crippen LogP contribution in [-0.4, -0.2) is 27.1 Å². The molecule has 5 heteroatoms. The van der Waals surface area contributed by atoms with Crippen molar-refractivity contribution in [1.29, 1.82) is 0 Å². The molecular weight excluding hydrogens is 366 g/mol. The van der Waals surface area contributed by atoms with Gasteiger partial charge in [-0.15, -0.1) is 0 Å². The smallest absolute Gasteiger partial charge is 0.405 e. The van der Waals surface area contributed by atoms with Crippen LogP contribution < -0.4 is 16.1 Å². The molecule has 0 bridgehead atoms. The Balaban J connectivity index is 2.38. The highest BCUT2D eigenvalue weighted by atomic mass is 28.4. The van der Waals surface area contributed by atoms with Gasteiger partial charge < -0.3 is 14.9 Å². The van der Waals surface area contributed by atoms with Crippen molar-refractivity contribution in [2.45, 2.75) is 45.3 Å². The number of benzene rings is 2. The molecule has 28 heavy (non-hydrogen) atoms. The van der Waals surface area contributed by atoms with Crippen molar-refractivity contribution < 1.29 is 14.0 Å². The highest BCUT2D eigenvalue weighted by Gasteiger charge is 2.49. The van der Waals surface area contributed by atoms with Crippen LogP contribution in [0.15, 0.2) is 72.8 Å². The van der Waals surface area contributed by atoms with Crippen molar-refractivity contribution in [3.63, 3.8) is 0 Å². The van der Waals surface area contributed by atoms with Gasteiger partial charge in [-0.25, -0.2) is 4.79 Å². The number of ether oxygens (including phenoxy) is 1. The van der Waals surface area contributed by atoms with Crippen molar-refractivity contribution >= 4 is 24.8 Å². The zero-order valence-corrected chi connectivity index (χ0v) is 18.2. The van der Waals surface area contributed by atoms with Gasteiger partial charge in [0, 0.05) is 0 Å². The number of nitrogens with two attached hydrogens (primary N) is 1. The average Bonchev–Trinajstić information content (AvgIpc) is 2.67. The van der Waals surface area contributed by atoms with Crippen LogP contribution in [0.1, 0.15) is 34.1 Å². The van der Waals surface area contributed by atoms with Gasteiger partial charge in [0.2, 0.25) is 0 Å². The van der Waals surface area contributed by atoms with E-state index in [1.54, 1.807) is 0 Å². The van der Waals surface area contributed by atoms with Gasteiger partial charge in [-0.2, -0.15) is 0 Å². The van der Waals surface area contributed by atoms with E-state index in [1.165, 1.54) is 10.4 Å². The Kier molecular flexibility index (Phi) is 7.60. The Hall–Kier alpha value is -2.37. The van der Waals surface area contributed by atoms with Gasteiger partial charge in [0.25, 0.3) is 8.32 Å². The fourth-order valence-electron chi connectivity index (χ4n) is 3.55. The second-order valence-corrected chi connectivity index (χ2v) is 12.1. The Morgan fingerprint density at radius 2 is 1.54 bits per heavy atom. The fourth-order valence-corrected chi connectivity index (χ4v) is 8.05. The topological polar surface area (TPSA) is 61.6 Å². The van der Waals surface area contributed by atoms with Crippen molar-refractivity contribution in [1.82, 2.24) is 0 Å². The van der Waals surface area contributed by atoms with E-state index in [0.29, 0.717) is 13.0 Å². The van der Waals surface area contributed by atoms with Crippen molar-refractivity contribution in [3.8, 4) is 0 Å². The highest BCUT2D eigenvalue weighted by molar-refractivity contribution is 6.99. The number of hydrogen-bond acceptors (Lipinski definition) is 3. The number of carbonyl (C=O) groups is 1. The third-order valence-electron chi connectivity index (χ3n) is 4.83. The summed E-state index contributed by atoms with van der Waals surface area (Å²) >= 11 is 0. The van der Waals surface area contributed by atoms with Crippen LogP contribution in [0.5, 0.6) is 0 Å². The Morgan fingerprint density at radius 3 is 1.93 bits per heavy atom. The largest absolute Gasteiger partial charge is 0.442 e. The molecule has 1 unspecified atom stereocenters. The maximum Gasteiger partial charge on any atom is 0.405 e. The van der Waals surface area contributed by atoms with E-state index in [2.05, 4.69) is 69.3 Å². The lowest BCUT2D eigenvalue weighted by Gasteiger charge is -2.42. The van der Waals surface area contributed by atoms with Crippen molar-refractivity contribution in [3.05, 3.63) is 72.8 Å². The molecule has 0 saturated carbocycles. The molecule has 2 rings (SSSR count). The molecule has 0 aliphatic heterocycles. The Bertz CT molecular complexity index is 730. The molecule has 1 amide bonds. The van der Waals surface area contributed by atoms with Crippen molar-refractivity contribution in [2.75, 3.05) is 6.61 Å². The minimum absolute atomic E-state index is 0.0720. The molecule has 0 aliphatic rings. The summed E-state index contributed by atoms with van der Waals surface area (Å²) in [6.07, 6.45) is 3.35. The van der Waals surface area contributed by atoms with Crippen LogP contribution in [0.3, 0.4) is 0 Å². The first-order valence-electron chi connectivity index (χ1n) is 9.69. The monoisotopic (exact) mass is 397 g/mol. The zero-order chi connectivity index (χ0) is 20.6. The van der Waals surface area contributed by atoms with Crippen LogP contribution in [-0.2, 0) is 9.16 Å². The molecule has 0 spiro atoms. The standard InChI is InChI=1S/C23H31NO3Si/c1-5-19(27-22(24)25)13-12-18-26-28(23(2,3)4,20-14-8-6-9-15-20)21-16-10-7-11-17-21/h6-17,19H,5,18H2,1-4H3,(H2,24,25)/b13-12-. The third-order valence-corrected chi connectivity index (χ3v) is 9.84. The second-order valence-electron chi connectivity index (χ2n) is 7.79. The molecule has 2 aromatic carbocycles. The zero-order valence-electron chi connectivity index (χ0n) is 17.2. The van der Waals surface area contributed by atoms with Gasteiger partial charge in [0.05, 0.1) is 6.61 Å². The second kappa shape index (κ2) is 9.71. The number of primary amides is 1. The molecule has 2 N–H and O–H groups in total. The third kappa shape index (κ3) is 5.12. The molecule has 0 radical (unpaired) electrons. The van der Waals surface area contributed by atoms with Gasteiger partial charge in [-0.3, -0.25) is 0 Å². The van der Waals surface area contributed by atoms with E-state index in [9.17, 15) is 4.79 Å². The predicted molar refractivity (Wildman–Crippen MR) is 117 cm³/mol. The van der Waals surface area contributed by atoms with Crippen LogP contribution in [0.25, 0.3) is 0 Å². The summed E-state index contributed by atoms with van der Waals surface area (Å²) in [4.78, 5) is 11.0. The lowest BCUT2D eigenvalue weighted by atomic mass is 10.2. The number of rotatable bonds is 8. The summed E-state index contributed by atoms with van der Waals surface area (Å²) < 4.78 is 11.8. The maximum atomic E-state index is 11.0. The van der Waals surface area contributed by atoms with Crippen LogP contribution in [0, 0.1) is 0 Å². The molecule has 4 nitrogen and oxygen atoms in total. The first-order chi connectivity index (χ1) is 13.3. The lowest BCUT2D eigenvalue weighted by molar-refractivity contribution is 0.127. The first-order valence-corrected chi connectivity index (χ1v) is 11.6. The van der Waals surface area contributed by atoms with Gasteiger partial charge in [0.1, 0.15) is 6.10 Å².